The topological polar surface area (TPSA) is 82.1 Å². The Morgan fingerprint density at radius 2 is 1.76 bits per heavy atom. The highest BCUT2D eigenvalue weighted by Gasteiger charge is 2.58. The molecule has 5 aliphatic rings. The van der Waals surface area contributed by atoms with Gasteiger partial charge in [0, 0.05) is 37.2 Å². The van der Waals surface area contributed by atoms with Gasteiger partial charge in [-0.3, -0.25) is 24.3 Å². The summed E-state index contributed by atoms with van der Waals surface area (Å²) in [6.45, 7) is 1.83. The first-order chi connectivity index (χ1) is 18.4. The summed E-state index contributed by atoms with van der Waals surface area (Å²) >= 11 is 0. The van der Waals surface area contributed by atoms with Crippen LogP contribution in [0.5, 0.6) is 0 Å². The van der Waals surface area contributed by atoms with E-state index in [1.807, 2.05) is 35.2 Å². The van der Waals surface area contributed by atoms with Crippen LogP contribution in [0.2, 0.25) is 0 Å². The van der Waals surface area contributed by atoms with Gasteiger partial charge >= 0.3 is 0 Å². The largest absolute Gasteiger partial charge is 0.342 e. The summed E-state index contributed by atoms with van der Waals surface area (Å²) in [5.41, 5.74) is 1.79. The van der Waals surface area contributed by atoms with Gasteiger partial charge < -0.3 is 10.2 Å². The Labute approximate surface area is 221 Å². The normalized spacial score (nSPS) is 23.7. The molecule has 4 fully saturated rings. The lowest BCUT2D eigenvalue weighted by atomic mass is 10.0. The van der Waals surface area contributed by atoms with Crippen LogP contribution in [0.3, 0.4) is 0 Å². The summed E-state index contributed by atoms with van der Waals surface area (Å²) in [5, 5.41) is 2.94. The lowest BCUT2D eigenvalue weighted by molar-refractivity contribution is -0.131. The highest BCUT2D eigenvalue weighted by Crippen LogP contribution is 2.46. The molecular formula is C30H31FN4O3. The number of hydrogen-bond acceptors (Lipinski definition) is 4. The van der Waals surface area contributed by atoms with Crippen molar-refractivity contribution in [1.29, 1.82) is 0 Å². The van der Waals surface area contributed by atoms with Crippen molar-refractivity contribution >= 4 is 29.2 Å². The van der Waals surface area contributed by atoms with E-state index < -0.39 is 11.4 Å². The molecule has 2 heterocycles. The summed E-state index contributed by atoms with van der Waals surface area (Å²) < 4.78 is 15.6. The summed E-state index contributed by atoms with van der Waals surface area (Å²) in [6.07, 6.45) is 6.07. The Bertz CT molecular complexity index is 1380. The van der Waals surface area contributed by atoms with Crippen molar-refractivity contribution in [1.82, 2.24) is 9.80 Å². The van der Waals surface area contributed by atoms with Crippen LogP contribution in [0.4, 0.5) is 10.1 Å². The lowest BCUT2D eigenvalue weighted by Crippen LogP contribution is -2.41. The first kappa shape index (κ1) is 23.6. The van der Waals surface area contributed by atoms with Crippen molar-refractivity contribution in [2.45, 2.75) is 50.5 Å². The van der Waals surface area contributed by atoms with E-state index in [4.69, 9.17) is 4.99 Å². The van der Waals surface area contributed by atoms with Gasteiger partial charge in [-0.05, 0) is 86.3 Å². The highest BCUT2D eigenvalue weighted by atomic mass is 19.1. The van der Waals surface area contributed by atoms with E-state index in [2.05, 4.69) is 5.32 Å². The van der Waals surface area contributed by atoms with Crippen LogP contribution in [0.1, 0.15) is 50.5 Å². The minimum Gasteiger partial charge on any atom is -0.342 e. The number of amides is 3. The SMILES string of the molecule is O=C(Nc1cccc(-c2ccc(C3=NC4(CC4)C(=O)N3C[C@@H]3CCN(C(=O)C4CC4)C3)c(F)c2)c1)C1CC1. The van der Waals surface area contributed by atoms with Gasteiger partial charge in [0.05, 0.1) is 5.56 Å². The first-order valence-corrected chi connectivity index (χ1v) is 13.8. The fraction of sp³-hybridized carbons (Fsp3) is 0.467. The molecule has 0 aromatic heterocycles. The second-order valence-corrected chi connectivity index (χ2v) is 11.6. The van der Waals surface area contributed by atoms with Crippen LogP contribution < -0.4 is 5.32 Å². The number of carbonyl (C=O) groups excluding carboxylic acids is 3. The third kappa shape index (κ3) is 4.29. The van der Waals surface area contributed by atoms with Gasteiger partial charge in [-0.15, -0.1) is 0 Å². The van der Waals surface area contributed by atoms with E-state index >= 15 is 4.39 Å². The fourth-order valence-electron chi connectivity index (χ4n) is 5.75. The van der Waals surface area contributed by atoms with E-state index in [1.165, 1.54) is 6.07 Å². The van der Waals surface area contributed by atoms with E-state index in [-0.39, 0.29) is 35.5 Å². The van der Waals surface area contributed by atoms with Crippen LogP contribution in [0.15, 0.2) is 47.5 Å². The number of hydrogen-bond donors (Lipinski definition) is 1. The van der Waals surface area contributed by atoms with Crippen LogP contribution in [-0.2, 0) is 14.4 Å². The Balaban J connectivity index is 1.11. The smallest absolute Gasteiger partial charge is 0.256 e. The molecule has 1 atom stereocenters. The number of amidine groups is 1. The zero-order chi connectivity index (χ0) is 26.0. The predicted molar refractivity (Wildman–Crippen MR) is 141 cm³/mol. The molecular weight excluding hydrogens is 483 g/mol. The molecule has 0 bridgehead atoms. The minimum absolute atomic E-state index is 0.0315. The predicted octanol–water partition coefficient (Wildman–Crippen LogP) is 4.22. The quantitative estimate of drug-likeness (QED) is 0.601. The molecule has 1 spiro atoms. The van der Waals surface area contributed by atoms with E-state index in [0.717, 1.165) is 44.2 Å². The van der Waals surface area contributed by atoms with Gasteiger partial charge in [0.1, 0.15) is 17.2 Å². The fourth-order valence-corrected chi connectivity index (χ4v) is 5.75. The summed E-state index contributed by atoms with van der Waals surface area (Å²) in [6, 6.07) is 12.5. The molecule has 2 aromatic carbocycles. The van der Waals surface area contributed by atoms with Crippen LogP contribution >= 0.6 is 0 Å². The monoisotopic (exact) mass is 514 g/mol. The zero-order valence-electron chi connectivity index (χ0n) is 21.3. The number of nitrogens with one attached hydrogen (secondary N) is 1. The third-order valence-corrected chi connectivity index (χ3v) is 8.53. The van der Waals surface area contributed by atoms with Crippen molar-refractivity contribution in [3.8, 4) is 11.1 Å². The standard InChI is InChI=1S/C30H31FN4O3/c31-25-15-22(21-2-1-3-23(14-21)32-27(36)19-4-5-19)8-9-24(25)26-33-30(11-12-30)29(38)35(26)17-18-10-13-34(16-18)28(37)20-6-7-20/h1-3,8-9,14-15,18-20H,4-7,10-13,16-17H2,(H,32,36)/t18-/m1/s1. The molecule has 2 aliphatic heterocycles. The zero-order valence-corrected chi connectivity index (χ0v) is 21.3. The molecule has 7 nitrogen and oxygen atoms in total. The number of nitrogens with zero attached hydrogens (tertiary/aromatic N) is 3. The van der Waals surface area contributed by atoms with Gasteiger partial charge in [0.2, 0.25) is 11.8 Å². The summed E-state index contributed by atoms with van der Waals surface area (Å²) in [7, 11) is 0. The maximum absolute atomic E-state index is 15.6. The molecule has 8 heteroatoms. The van der Waals surface area contributed by atoms with E-state index in [1.54, 1.807) is 11.0 Å². The first-order valence-electron chi connectivity index (χ1n) is 13.8. The van der Waals surface area contributed by atoms with Gasteiger partial charge in [0.25, 0.3) is 5.91 Å². The summed E-state index contributed by atoms with van der Waals surface area (Å²) in [5.74, 6) is 0.675. The maximum atomic E-state index is 15.6. The van der Waals surface area contributed by atoms with Crippen molar-refractivity contribution in [2.75, 3.05) is 25.0 Å². The van der Waals surface area contributed by atoms with Gasteiger partial charge in [-0.1, -0.05) is 18.2 Å². The average Bonchev–Trinajstić information content (AvgIpc) is 3.79. The molecule has 38 heavy (non-hydrogen) atoms. The maximum Gasteiger partial charge on any atom is 0.256 e. The number of halogens is 1. The molecule has 7 rings (SSSR count). The molecule has 0 radical (unpaired) electrons. The Morgan fingerprint density at radius 1 is 1.00 bits per heavy atom. The molecule has 2 aromatic rings. The molecule has 3 saturated carbocycles. The van der Waals surface area contributed by atoms with Crippen molar-refractivity contribution < 1.29 is 18.8 Å². The number of rotatable bonds is 7. The molecule has 0 unspecified atom stereocenters. The van der Waals surface area contributed by atoms with Crippen molar-refractivity contribution in [3.63, 3.8) is 0 Å². The highest BCUT2D eigenvalue weighted by molar-refractivity contribution is 6.16. The van der Waals surface area contributed by atoms with E-state index in [0.29, 0.717) is 48.6 Å². The van der Waals surface area contributed by atoms with E-state index in [9.17, 15) is 14.4 Å². The Kier molecular flexibility index (Phi) is 5.42. The number of likely N-dealkylation sites (tertiary alicyclic amines) is 1. The number of aliphatic imine (C=N–C) groups is 1. The molecule has 196 valence electrons. The van der Waals surface area contributed by atoms with Gasteiger partial charge in [-0.25, -0.2) is 4.39 Å². The van der Waals surface area contributed by atoms with Gasteiger partial charge in [-0.2, -0.15) is 0 Å². The average molecular weight is 515 g/mol. The molecule has 1 saturated heterocycles. The van der Waals surface area contributed by atoms with Crippen LogP contribution in [0, 0.1) is 23.6 Å². The second kappa shape index (κ2) is 8.75. The van der Waals surface area contributed by atoms with Crippen molar-refractivity contribution in [3.05, 3.63) is 53.8 Å². The number of anilines is 1. The minimum atomic E-state index is -0.726. The number of carbonyl (C=O) groups is 3. The van der Waals surface area contributed by atoms with Crippen LogP contribution in [0.25, 0.3) is 11.1 Å². The van der Waals surface area contributed by atoms with Gasteiger partial charge in [0.15, 0.2) is 0 Å². The molecule has 1 N–H and O–H groups in total. The van der Waals surface area contributed by atoms with Crippen molar-refractivity contribution in [2.24, 2.45) is 22.7 Å². The third-order valence-electron chi connectivity index (χ3n) is 8.53. The summed E-state index contributed by atoms with van der Waals surface area (Å²) in [4.78, 5) is 46.4. The second-order valence-electron chi connectivity index (χ2n) is 11.6. The molecule has 3 amide bonds. The lowest BCUT2D eigenvalue weighted by Gasteiger charge is -2.24. The number of benzene rings is 2. The molecule has 3 aliphatic carbocycles. The van der Waals surface area contributed by atoms with Crippen LogP contribution in [-0.4, -0.2) is 58.5 Å². The Hall–Kier alpha value is -3.55. The Morgan fingerprint density at radius 3 is 2.47 bits per heavy atom.